The van der Waals surface area contributed by atoms with Crippen LogP contribution in [0.15, 0.2) is 34.0 Å². The maximum atomic E-state index is 13.1. The van der Waals surface area contributed by atoms with E-state index in [1.165, 1.54) is 0 Å². The van der Waals surface area contributed by atoms with E-state index in [-0.39, 0.29) is 35.8 Å². The Kier molecular flexibility index (Phi) is 4.40. The molecule has 1 aromatic heterocycles. The summed E-state index contributed by atoms with van der Waals surface area (Å²) in [5, 5.41) is 4.61. The van der Waals surface area contributed by atoms with Gasteiger partial charge in [0.1, 0.15) is 0 Å². The van der Waals surface area contributed by atoms with Crippen molar-refractivity contribution in [3.05, 3.63) is 24.0 Å². The van der Waals surface area contributed by atoms with E-state index >= 15 is 0 Å². The predicted octanol–water partition coefficient (Wildman–Crippen LogP) is 1.50. The minimum Gasteiger partial charge on any atom is -0.379 e. The van der Waals surface area contributed by atoms with Gasteiger partial charge in [0.15, 0.2) is 5.82 Å². The molecule has 5 heterocycles. The quantitative estimate of drug-likeness (QED) is 0.789. The highest BCUT2D eigenvalue weighted by molar-refractivity contribution is 6.20. The number of hydrogen-bond donors (Lipinski definition) is 0. The van der Waals surface area contributed by atoms with Crippen LogP contribution in [0.5, 0.6) is 0 Å². The minimum absolute atomic E-state index is 0.0868. The molecule has 4 aliphatic rings. The number of anilines is 1. The molecule has 0 bridgehead atoms. The Labute approximate surface area is 163 Å². The molecule has 28 heavy (non-hydrogen) atoms. The summed E-state index contributed by atoms with van der Waals surface area (Å²) in [4.78, 5) is 24.2. The summed E-state index contributed by atoms with van der Waals surface area (Å²) in [6.07, 6.45) is 7.05. The summed E-state index contributed by atoms with van der Waals surface area (Å²) in [6, 6.07) is 2.18. The highest BCUT2D eigenvalue weighted by Crippen LogP contribution is 2.35. The summed E-state index contributed by atoms with van der Waals surface area (Å²) in [5.41, 5.74) is 1.94. The fraction of sp³-hybridized carbons (Fsp3) is 0.600. The van der Waals surface area contributed by atoms with Crippen molar-refractivity contribution in [3.8, 4) is 0 Å². The van der Waals surface area contributed by atoms with Gasteiger partial charge in [-0.1, -0.05) is 13.0 Å². The van der Waals surface area contributed by atoms with Crippen molar-refractivity contribution in [1.29, 1.82) is 0 Å². The van der Waals surface area contributed by atoms with E-state index in [9.17, 15) is 4.79 Å². The van der Waals surface area contributed by atoms with Crippen molar-refractivity contribution < 1.29 is 14.3 Å². The second kappa shape index (κ2) is 6.93. The maximum absolute atomic E-state index is 13.1. The average Bonchev–Trinajstić information content (AvgIpc) is 3.25. The van der Waals surface area contributed by atoms with E-state index < -0.39 is 0 Å². The van der Waals surface area contributed by atoms with Gasteiger partial charge in [-0.3, -0.25) is 24.4 Å². The molecule has 0 saturated carbocycles. The Morgan fingerprint density at radius 1 is 1.32 bits per heavy atom. The first-order chi connectivity index (χ1) is 13.6. The lowest BCUT2D eigenvalue weighted by Crippen LogP contribution is -2.33. The van der Waals surface area contributed by atoms with Crippen LogP contribution in [0.4, 0.5) is 5.82 Å². The maximum Gasteiger partial charge on any atom is 0.238 e. The van der Waals surface area contributed by atoms with Gasteiger partial charge in [0.25, 0.3) is 0 Å². The van der Waals surface area contributed by atoms with E-state index in [2.05, 4.69) is 23.1 Å². The minimum atomic E-state index is -0.195. The van der Waals surface area contributed by atoms with Crippen LogP contribution < -0.4 is 4.90 Å². The Hall–Kier alpha value is -2.32. The normalized spacial score (nSPS) is 32.8. The predicted molar refractivity (Wildman–Crippen MR) is 105 cm³/mol. The van der Waals surface area contributed by atoms with Crippen LogP contribution in [-0.2, 0) is 14.3 Å². The third-order valence-electron chi connectivity index (χ3n) is 6.13. The molecule has 8 nitrogen and oxygen atoms in total. The Morgan fingerprint density at radius 3 is 2.93 bits per heavy atom. The fourth-order valence-electron chi connectivity index (χ4n) is 4.39. The molecular formula is C20H25N5O3. The molecule has 0 N–H and O–H groups in total. The molecule has 0 aromatic carbocycles. The molecule has 148 valence electrons. The molecule has 5 rings (SSSR count). The number of allylic oxidation sites excluding steroid dienone is 2. The van der Waals surface area contributed by atoms with E-state index in [0.717, 1.165) is 17.8 Å². The molecule has 2 saturated heterocycles. The van der Waals surface area contributed by atoms with Gasteiger partial charge < -0.3 is 9.47 Å². The summed E-state index contributed by atoms with van der Waals surface area (Å²) >= 11 is 0. The second-order valence-corrected chi connectivity index (χ2v) is 8.02. The average molecular weight is 383 g/mol. The largest absolute Gasteiger partial charge is 0.379 e. The summed E-state index contributed by atoms with van der Waals surface area (Å²) < 4.78 is 12.6. The van der Waals surface area contributed by atoms with Crippen molar-refractivity contribution in [2.75, 3.05) is 38.3 Å². The number of hydrogen-bond acceptors (Lipinski definition) is 6. The Bertz CT molecular complexity index is 869. The van der Waals surface area contributed by atoms with Gasteiger partial charge in [-0.15, -0.1) is 0 Å². The molecule has 4 atom stereocenters. The summed E-state index contributed by atoms with van der Waals surface area (Å²) in [7, 11) is 1.73. The molecule has 4 unspecified atom stereocenters. The number of carbonyl (C=O) groups is 1. The van der Waals surface area contributed by atoms with Crippen molar-refractivity contribution >= 4 is 23.7 Å². The number of aromatic nitrogens is 2. The number of amides is 1. The van der Waals surface area contributed by atoms with Gasteiger partial charge >= 0.3 is 0 Å². The second-order valence-electron chi connectivity index (χ2n) is 8.02. The smallest absolute Gasteiger partial charge is 0.238 e. The molecule has 8 heteroatoms. The zero-order valence-electron chi connectivity index (χ0n) is 16.2. The molecule has 0 aliphatic carbocycles. The fourth-order valence-corrected chi connectivity index (χ4v) is 4.39. The van der Waals surface area contributed by atoms with Crippen LogP contribution in [0.25, 0.3) is 0 Å². The third kappa shape index (κ3) is 2.91. The number of ether oxygens (including phenoxy) is 2. The SMILES string of the molecule is COC1CN=CC(C2=CC(C)C3C(=O)N(c4ccn(C5COC5)n4)CC3=N2)C1. The number of methoxy groups -OCH3 is 1. The molecule has 2 fully saturated rings. The lowest BCUT2D eigenvalue weighted by molar-refractivity contribution is -0.120. The van der Waals surface area contributed by atoms with Gasteiger partial charge in [0, 0.05) is 37.2 Å². The summed E-state index contributed by atoms with van der Waals surface area (Å²) in [6.45, 7) is 4.66. The van der Waals surface area contributed by atoms with Crippen molar-refractivity contribution in [3.63, 3.8) is 0 Å². The van der Waals surface area contributed by atoms with E-state index in [1.807, 2.05) is 23.2 Å². The van der Waals surface area contributed by atoms with Crippen molar-refractivity contribution in [2.24, 2.45) is 27.7 Å². The zero-order chi connectivity index (χ0) is 19.3. The molecule has 4 aliphatic heterocycles. The number of aliphatic imine (C=N–C) groups is 2. The van der Waals surface area contributed by atoms with Crippen molar-refractivity contribution in [1.82, 2.24) is 9.78 Å². The van der Waals surface area contributed by atoms with Crippen LogP contribution in [0.3, 0.4) is 0 Å². The Balaban J connectivity index is 1.37. The zero-order valence-corrected chi connectivity index (χ0v) is 16.2. The first-order valence-corrected chi connectivity index (χ1v) is 9.90. The lowest BCUT2D eigenvalue weighted by Gasteiger charge is -2.27. The number of rotatable bonds is 4. The highest BCUT2D eigenvalue weighted by Gasteiger charge is 2.44. The van der Waals surface area contributed by atoms with Crippen LogP contribution in [-0.4, -0.2) is 67.1 Å². The Morgan fingerprint density at radius 2 is 2.18 bits per heavy atom. The van der Waals surface area contributed by atoms with Crippen LogP contribution in [0.1, 0.15) is 19.4 Å². The number of fused-ring (bicyclic) bond motifs is 1. The molecular weight excluding hydrogens is 358 g/mol. The topological polar surface area (TPSA) is 81.3 Å². The summed E-state index contributed by atoms with van der Waals surface area (Å²) in [5.74, 6) is 0.847. The lowest BCUT2D eigenvalue weighted by atomic mass is 9.84. The standard InChI is InChI=1S/C20H25N5O3/c1-12-5-16(13-6-15(27-2)8-21-7-13)22-17-9-24(20(26)19(12)17)18-3-4-25(23-18)14-10-28-11-14/h3-5,7,12-15,19H,6,8-11H2,1-2H3. The van der Waals surface area contributed by atoms with Gasteiger partial charge in [0.05, 0.1) is 50.1 Å². The van der Waals surface area contributed by atoms with E-state index in [0.29, 0.717) is 32.1 Å². The van der Waals surface area contributed by atoms with Gasteiger partial charge in [0.2, 0.25) is 5.91 Å². The van der Waals surface area contributed by atoms with Crippen LogP contribution >= 0.6 is 0 Å². The number of carbonyl (C=O) groups excluding carboxylic acids is 1. The van der Waals surface area contributed by atoms with Gasteiger partial charge in [-0.25, -0.2) is 0 Å². The third-order valence-corrected chi connectivity index (χ3v) is 6.13. The first kappa shape index (κ1) is 17.8. The highest BCUT2D eigenvalue weighted by atomic mass is 16.5. The monoisotopic (exact) mass is 383 g/mol. The van der Waals surface area contributed by atoms with Crippen molar-refractivity contribution in [2.45, 2.75) is 25.5 Å². The molecule has 1 aromatic rings. The number of nitrogens with zero attached hydrogens (tertiary/aromatic N) is 5. The molecule has 0 spiro atoms. The molecule has 0 radical (unpaired) electrons. The van der Waals surface area contributed by atoms with Crippen LogP contribution in [0, 0.1) is 17.8 Å². The van der Waals surface area contributed by atoms with E-state index in [4.69, 9.17) is 14.5 Å². The van der Waals surface area contributed by atoms with Gasteiger partial charge in [-0.2, -0.15) is 5.10 Å². The first-order valence-electron chi connectivity index (χ1n) is 9.90. The van der Waals surface area contributed by atoms with E-state index in [1.54, 1.807) is 12.0 Å². The van der Waals surface area contributed by atoms with Gasteiger partial charge in [-0.05, 0) is 12.3 Å². The molecule has 1 amide bonds. The van der Waals surface area contributed by atoms with Crippen LogP contribution in [0.2, 0.25) is 0 Å².